The van der Waals surface area contributed by atoms with Gasteiger partial charge in [-0.2, -0.15) is 18.2 Å². The highest BCUT2D eigenvalue weighted by Crippen LogP contribution is 2.45. The number of halogens is 3. The van der Waals surface area contributed by atoms with Gasteiger partial charge in [-0.3, -0.25) is 9.69 Å². The SMILES string of the molecule is CCC1C(C(=O)O)CN1Cc1cc(-c2noc(-c3cc(-c4ccccc4)c(C(F)(F)F)s3)n2)co1. The van der Waals surface area contributed by atoms with Crippen molar-refractivity contribution < 1.29 is 32.0 Å². The van der Waals surface area contributed by atoms with Crippen molar-refractivity contribution in [1.82, 2.24) is 15.0 Å². The summed E-state index contributed by atoms with van der Waals surface area (Å²) in [6.07, 6.45) is -2.36. The quantitative estimate of drug-likeness (QED) is 0.329. The summed E-state index contributed by atoms with van der Waals surface area (Å²) in [4.78, 5) is 17.1. The molecule has 182 valence electrons. The minimum absolute atomic E-state index is 0.0153. The molecule has 5 rings (SSSR count). The lowest BCUT2D eigenvalue weighted by molar-refractivity contribution is -0.153. The van der Waals surface area contributed by atoms with E-state index in [1.54, 1.807) is 36.4 Å². The summed E-state index contributed by atoms with van der Waals surface area (Å²) < 4.78 is 52.0. The Morgan fingerprint density at radius 3 is 2.69 bits per heavy atom. The molecule has 35 heavy (non-hydrogen) atoms. The molecule has 1 fully saturated rings. The standard InChI is InChI=1S/C24H20F3N3O4S/c1-2-18-17(23(31)32)11-30(18)10-15-8-14(12-33-15)21-28-22(34-29-21)19-9-16(13-6-4-3-5-7-13)20(35-19)24(25,26)27/h3-9,12,17-18H,2,10-11H2,1H3,(H,31,32). The van der Waals surface area contributed by atoms with Crippen molar-refractivity contribution in [3.8, 4) is 33.3 Å². The minimum Gasteiger partial charge on any atom is -0.481 e. The molecular formula is C24H20F3N3O4S. The molecule has 0 bridgehead atoms. The van der Waals surface area contributed by atoms with Gasteiger partial charge in [0.15, 0.2) is 0 Å². The topological polar surface area (TPSA) is 92.6 Å². The number of likely N-dealkylation sites (tertiary alicyclic amines) is 1. The number of thiophene rings is 1. The van der Waals surface area contributed by atoms with Gasteiger partial charge < -0.3 is 14.0 Å². The normalized spacial score (nSPS) is 18.5. The van der Waals surface area contributed by atoms with Crippen LogP contribution in [0.2, 0.25) is 0 Å². The van der Waals surface area contributed by atoms with Gasteiger partial charge in [0.1, 0.15) is 16.9 Å². The molecule has 0 amide bonds. The molecule has 4 aromatic rings. The molecule has 11 heteroatoms. The van der Waals surface area contributed by atoms with Gasteiger partial charge in [-0.05, 0) is 24.1 Å². The second-order valence-corrected chi connectivity index (χ2v) is 9.34. The van der Waals surface area contributed by atoms with E-state index in [9.17, 15) is 23.1 Å². The predicted octanol–water partition coefficient (Wildman–Crippen LogP) is 6.04. The van der Waals surface area contributed by atoms with Crippen molar-refractivity contribution in [2.45, 2.75) is 32.1 Å². The fourth-order valence-electron chi connectivity index (χ4n) is 4.35. The van der Waals surface area contributed by atoms with Gasteiger partial charge in [-0.1, -0.05) is 42.4 Å². The van der Waals surface area contributed by atoms with Crippen LogP contribution in [0.3, 0.4) is 0 Å². The number of rotatable bonds is 7. The Balaban J connectivity index is 1.36. The lowest BCUT2D eigenvalue weighted by atomic mass is 9.86. The Hall–Kier alpha value is -3.44. The van der Waals surface area contributed by atoms with Gasteiger partial charge in [0.05, 0.1) is 22.9 Å². The lowest BCUT2D eigenvalue weighted by Crippen LogP contribution is -2.58. The van der Waals surface area contributed by atoms with E-state index < -0.39 is 17.0 Å². The fourth-order valence-corrected chi connectivity index (χ4v) is 5.32. The molecule has 0 spiro atoms. The molecule has 0 saturated carbocycles. The third-order valence-electron chi connectivity index (χ3n) is 6.08. The summed E-state index contributed by atoms with van der Waals surface area (Å²) in [5.74, 6) is -0.404. The number of benzene rings is 1. The van der Waals surface area contributed by atoms with Crippen LogP contribution < -0.4 is 0 Å². The molecule has 1 N–H and O–H groups in total. The summed E-state index contributed by atoms with van der Waals surface area (Å²) in [5, 5.41) is 13.2. The van der Waals surface area contributed by atoms with Crippen molar-refractivity contribution in [3.05, 3.63) is 59.4 Å². The van der Waals surface area contributed by atoms with Crippen LogP contribution in [0.5, 0.6) is 0 Å². The average Bonchev–Trinajstić information content (AvgIpc) is 3.55. The number of aromatic nitrogens is 2. The van der Waals surface area contributed by atoms with E-state index in [-0.39, 0.29) is 34.1 Å². The number of furan rings is 1. The molecule has 1 saturated heterocycles. The van der Waals surface area contributed by atoms with E-state index in [1.165, 1.54) is 12.3 Å². The first kappa shape index (κ1) is 23.3. The van der Waals surface area contributed by atoms with E-state index in [2.05, 4.69) is 10.1 Å². The number of hydrogen-bond acceptors (Lipinski definition) is 7. The zero-order chi connectivity index (χ0) is 24.7. The van der Waals surface area contributed by atoms with Gasteiger partial charge in [0, 0.05) is 18.2 Å². The van der Waals surface area contributed by atoms with Crippen LogP contribution in [0.4, 0.5) is 13.2 Å². The maximum atomic E-state index is 13.7. The number of alkyl halides is 3. The summed E-state index contributed by atoms with van der Waals surface area (Å²) in [6, 6.07) is 11.4. The molecule has 2 unspecified atom stereocenters. The largest absolute Gasteiger partial charge is 0.481 e. The van der Waals surface area contributed by atoms with Crippen molar-refractivity contribution in [2.75, 3.05) is 6.54 Å². The fraction of sp³-hybridized carbons (Fsp3) is 0.292. The third-order valence-corrected chi connectivity index (χ3v) is 7.25. The molecule has 4 heterocycles. The summed E-state index contributed by atoms with van der Waals surface area (Å²) >= 11 is 0.553. The van der Waals surface area contributed by atoms with Crippen molar-refractivity contribution in [1.29, 1.82) is 0 Å². The Labute approximate surface area is 201 Å². The second-order valence-electron chi connectivity index (χ2n) is 8.29. The maximum absolute atomic E-state index is 13.7. The van der Waals surface area contributed by atoms with Gasteiger partial charge >= 0.3 is 12.1 Å². The van der Waals surface area contributed by atoms with Crippen molar-refractivity contribution in [2.24, 2.45) is 5.92 Å². The van der Waals surface area contributed by atoms with Crippen LogP contribution in [-0.4, -0.2) is 38.7 Å². The molecule has 2 atom stereocenters. The highest BCUT2D eigenvalue weighted by atomic mass is 32.1. The average molecular weight is 504 g/mol. The summed E-state index contributed by atoms with van der Waals surface area (Å²) in [6.45, 7) is 2.83. The number of carbonyl (C=O) groups is 1. The molecule has 1 aliphatic rings. The van der Waals surface area contributed by atoms with Gasteiger partial charge in [-0.25, -0.2) is 0 Å². The third kappa shape index (κ3) is 4.48. The Morgan fingerprint density at radius 2 is 2.00 bits per heavy atom. The van der Waals surface area contributed by atoms with Crippen LogP contribution >= 0.6 is 11.3 Å². The van der Waals surface area contributed by atoms with Gasteiger partial charge in [0.25, 0.3) is 5.89 Å². The van der Waals surface area contributed by atoms with Crippen LogP contribution in [0.1, 0.15) is 24.0 Å². The van der Waals surface area contributed by atoms with E-state index >= 15 is 0 Å². The number of hydrogen-bond donors (Lipinski definition) is 1. The van der Waals surface area contributed by atoms with Crippen LogP contribution in [0, 0.1) is 5.92 Å². The molecule has 1 aliphatic heterocycles. The van der Waals surface area contributed by atoms with Crippen molar-refractivity contribution >= 4 is 17.3 Å². The first-order chi connectivity index (χ1) is 16.7. The first-order valence-corrected chi connectivity index (χ1v) is 11.7. The molecule has 0 radical (unpaired) electrons. The number of nitrogens with zero attached hydrogens (tertiary/aromatic N) is 3. The van der Waals surface area contributed by atoms with Gasteiger partial charge in [-0.15, -0.1) is 11.3 Å². The smallest absolute Gasteiger partial charge is 0.426 e. The zero-order valence-corrected chi connectivity index (χ0v) is 19.3. The van der Waals surface area contributed by atoms with E-state index in [0.29, 0.717) is 47.7 Å². The number of carboxylic acid groups (broad SMARTS) is 1. The van der Waals surface area contributed by atoms with Crippen LogP contribution in [0.25, 0.3) is 33.3 Å². The lowest BCUT2D eigenvalue weighted by Gasteiger charge is -2.45. The second kappa shape index (κ2) is 8.97. The Kier molecular flexibility index (Phi) is 5.97. The highest BCUT2D eigenvalue weighted by Gasteiger charge is 2.42. The summed E-state index contributed by atoms with van der Waals surface area (Å²) in [5.41, 5.74) is 1.03. The molecule has 3 aromatic heterocycles. The number of carboxylic acids is 1. The molecule has 1 aromatic carbocycles. The Bertz CT molecular complexity index is 1350. The minimum atomic E-state index is -4.52. The van der Waals surface area contributed by atoms with E-state index in [4.69, 9.17) is 8.94 Å². The predicted molar refractivity (Wildman–Crippen MR) is 121 cm³/mol. The zero-order valence-electron chi connectivity index (χ0n) is 18.5. The van der Waals surface area contributed by atoms with Crippen LogP contribution in [0.15, 0.2) is 57.7 Å². The van der Waals surface area contributed by atoms with Crippen LogP contribution in [-0.2, 0) is 17.5 Å². The highest BCUT2D eigenvalue weighted by molar-refractivity contribution is 7.16. The van der Waals surface area contributed by atoms with Gasteiger partial charge in [0.2, 0.25) is 5.82 Å². The monoisotopic (exact) mass is 503 g/mol. The summed E-state index contributed by atoms with van der Waals surface area (Å²) in [7, 11) is 0. The first-order valence-electron chi connectivity index (χ1n) is 10.9. The molecule has 7 nitrogen and oxygen atoms in total. The molecule has 0 aliphatic carbocycles. The van der Waals surface area contributed by atoms with E-state index in [1.807, 2.05) is 11.8 Å². The maximum Gasteiger partial charge on any atom is 0.426 e. The van der Waals surface area contributed by atoms with E-state index in [0.717, 1.165) is 0 Å². The Morgan fingerprint density at radius 1 is 1.23 bits per heavy atom. The number of aliphatic carboxylic acids is 1. The molecular weight excluding hydrogens is 483 g/mol. The van der Waals surface area contributed by atoms with Crippen molar-refractivity contribution in [3.63, 3.8) is 0 Å².